The zero-order valence-electron chi connectivity index (χ0n) is 14.4. The molecule has 8 heteroatoms. The third kappa shape index (κ3) is 4.97. The Labute approximate surface area is 145 Å². The number of aromatic nitrogens is 1. The van der Waals surface area contributed by atoms with Crippen LogP contribution in [-0.4, -0.2) is 42.6 Å². The van der Waals surface area contributed by atoms with Crippen LogP contribution in [0.3, 0.4) is 0 Å². The monoisotopic (exact) mass is 347 g/mol. The lowest BCUT2D eigenvalue weighted by atomic mass is 10.3. The normalized spacial score (nSPS) is 10.2. The van der Waals surface area contributed by atoms with Gasteiger partial charge in [0.05, 0.1) is 20.8 Å². The maximum absolute atomic E-state index is 12.5. The zero-order chi connectivity index (χ0) is 18.2. The molecule has 2 rings (SSSR count). The summed E-state index contributed by atoms with van der Waals surface area (Å²) in [4.78, 5) is 29.5. The van der Waals surface area contributed by atoms with Crippen molar-refractivity contribution in [1.29, 1.82) is 0 Å². The molecule has 1 N–H and O–H groups in total. The maximum Gasteiger partial charge on any atom is 0.360 e. The van der Waals surface area contributed by atoms with Crippen LogP contribution in [0.15, 0.2) is 34.9 Å². The number of urea groups is 1. The molecule has 0 saturated carbocycles. The number of carbonyl (C=O) groups excluding carboxylic acids is 2. The fraction of sp³-hybridized carbons (Fsp3) is 0.353. The summed E-state index contributed by atoms with van der Waals surface area (Å²) in [5.41, 5.74) is 0.690. The van der Waals surface area contributed by atoms with E-state index in [-0.39, 0.29) is 24.2 Å². The lowest BCUT2D eigenvalue weighted by molar-refractivity contribution is 0.0594. The third-order valence-corrected chi connectivity index (χ3v) is 3.37. The van der Waals surface area contributed by atoms with Gasteiger partial charge in [-0.25, -0.2) is 14.6 Å². The first-order chi connectivity index (χ1) is 12.1. The van der Waals surface area contributed by atoms with Crippen molar-refractivity contribution in [1.82, 2.24) is 9.88 Å². The summed E-state index contributed by atoms with van der Waals surface area (Å²) in [5, 5.41) is 2.81. The van der Waals surface area contributed by atoms with Crippen LogP contribution in [0, 0.1) is 0 Å². The summed E-state index contributed by atoms with van der Waals surface area (Å²) < 4.78 is 15.0. The van der Waals surface area contributed by atoms with Gasteiger partial charge in [0.2, 0.25) is 5.89 Å². The largest absolute Gasteiger partial charge is 0.497 e. The van der Waals surface area contributed by atoms with Crippen LogP contribution in [0.4, 0.5) is 10.5 Å². The molecule has 0 unspecified atom stereocenters. The van der Waals surface area contributed by atoms with E-state index in [4.69, 9.17) is 9.15 Å². The highest BCUT2D eigenvalue weighted by atomic mass is 16.5. The topological polar surface area (TPSA) is 93.9 Å². The molecule has 25 heavy (non-hydrogen) atoms. The van der Waals surface area contributed by atoms with Crippen molar-refractivity contribution in [3.05, 3.63) is 42.1 Å². The van der Waals surface area contributed by atoms with E-state index in [1.807, 2.05) is 6.92 Å². The Bertz CT molecular complexity index is 729. The molecule has 134 valence electrons. The van der Waals surface area contributed by atoms with Crippen LogP contribution < -0.4 is 10.1 Å². The van der Waals surface area contributed by atoms with Gasteiger partial charge in [-0.05, 0) is 18.6 Å². The zero-order valence-corrected chi connectivity index (χ0v) is 14.4. The summed E-state index contributed by atoms with van der Waals surface area (Å²) in [6.07, 6.45) is 1.97. The van der Waals surface area contributed by atoms with Crippen LogP contribution in [0.1, 0.15) is 29.7 Å². The Morgan fingerprint density at radius 2 is 2.12 bits per heavy atom. The van der Waals surface area contributed by atoms with Crippen LogP contribution in [-0.2, 0) is 11.3 Å². The van der Waals surface area contributed by atoms with Crippen LogP contribution in [0.2, 0.25) is 0 Å². The molecule has 1 heterocycles. The summed E-state index contributed by atoms with van der Waals surface area (Å²) >= 11 is 0. The molecule has 0 atom stereocenters. The fourth-order valence-corrected chi connectivity index (χ4v) is 2.17. The average Bonchev–Trinajstić information content (AvgIpc) is 3.09. The molecule has 0 aliphatic heterocycles. The fourth-order valence-electron chi connectivity index (χ4n) is 2.17. The van der Waals surface area contributed by atoms with E-state index < -0.39 is 5.97 Å². The minimum absolute atomic E-state index is 0.0714. The standard InChI is InChI=1S/C17H21N3O5/c1-4-8-20(10-15-19-14(11-25-15)16(21)24-3)17(22)18-12-6-5-7-13(9-12)23-2/h5-7,9,11H,4,8,10H2,1-3H3,(H,18,22). The molecule has 0 spiro atoms. The predicted octanol–water partition coefficient (Wildman–Crippen LogP) is 2.91. The molecular weight excluding hydrogens is 326 g/mol. The number of rotatable bonds is 7. The highest BCUT2D eigenvalue weighted by Gasteiger charge is 2.18. The van der Waals surface area contributed by atoms with Crippen molar-refractivity contribution in [2.24, 2.45) is 0 Å². The van der Waals surface area contributed by atoms with Gasteiger partial charge in [-0.1, -0.05) is 13.0 Å². The second-order valence-corrected chi connectivity index (χ2v) is 5.20. The van der Waals surface area contributed by atoms with Gasteiger partial charge in [-0.3, -0.25) is 0 Å². The molecule has 0 radical (unpaired) electrons. The first-order valence-electron chi connectivity index (χ1n) is 7.80. The molecule has 0 aliphatic carbocycles. The third-order valence-electron chi connectivity index (χ3n) is 3.37. The number of ether oxygens (including phenoxy) is 2. The smallest absolute Gasteiger partial charge is 0.360 e. The van der Waals surface area contributed by atoms with E-state index in [0.717, 1.165) is 6.42 Å². The van der Waals surface area contributed by atoms with Crippen molar-refractivity contribution < 1.29 is 23.5 Å². The summed E-state index contributed by atoms with van der Waals surface area (Å²) in [6.45, 7) is 2.60. The second kappa shape index (κ2) is 8.72. The molecule has 2 aromatic rings. The van der Waals surface area contributed by atoms with Crippen molar-refractivity contribution in [2.75, 3.05) is 26.1 Å². The number of nitrogens with one attached hydrogen (secondary N) is 1. The molecule has 2 amide bonds. The predicted molar refractivity (Wildman–Crippen MR) is 90.6 cm³/mol. The number of hydrogen-bond acceptors (Lipinski definition) is 6. The van der Waals surface area contributed by atoms with Crippen LogP contribution >= 0.6 is 0 Å². The minimum atomic E-state index is -0.585. The number of esters is 1. The molecule has 0 aliphatic rings. The van der Waals surface area contributed by atoms with Gasteiger partial charge in [0.1, 0.15) is 12.0 Å². The highest BCUT2D eigenvalue weighted by molar-refractivity contribution is 5.89. The van der Waals surface area contributed by atoms with Crippen molar-refractivity contribution >= 4 is 17.7 Å². The van der Waals surface area contributed by atoms with Crippen molar-refractivity contribution in [2.45, 2.75) is 19.9 Å². The van der Waals surface area contributed by atoms with Gasteiger partial charge >= 0.3 is 12.0 Å². The summed E-state index contributed by atoms with van der Waals surface area (Å²) in [7, 11) is 2.83. The lowest BCUT2D eigenvalue weighted by Gasteiger charge is -2.21. The quantitative estimate of drug-likeness (QED) is 0.774. The van der Waals surface area contributed by atoms with E-state index in [2.05, 4.69) is 15.0 Å². The number of anilines is 1. The molecule has 1 aromatic heterocycles. The van der Waals surface area contributed by atoms with Crippen LogP contribution in [0.5, 0.6) is 5.75 Å². The molecule has 1 aromatic carbocycles. The number of benzene rings is 1. The Kier molecular flexibility index (Phi) is 6.39. The number of oxazole rings is 1. The summed E-state index contributed by atoms with van der Waals surface area (Å²) in [5.74, 6) is 0.322. The lowest BCUT2D eigenvalue weighted by Crippen LogP contribution is -2.35. The van der Waals surface area contributed by atoms with Crippen molar-refractivity contribution in [3.63, 3.8) is 0 Å². The Hall–Kier alpha value is -3.03. The number of carbonyl (C=O) groups is 2. The Morgan fingerprint density at radius 3 is 2.80 bits per heavy atom. The molecule has 0 fully saturated rings. The van der Waals surface area contributed by atoms with E-state index in [0.29, 0.717) is 18.0 Å². The average molecular weight is 347 g/mol. The molecule has 8 nitrogen and oxygen atoms in total. The van der Waals surface area contributed by atoms with E-state index in [1.54, 1.807) is 36.3 Å². The number of amides is 2. The Morgan fingerprint density at radius 1 is 1.32 bits per heavy atom. The maximum atomic E-state index is 12.5. The second-order valence-electron chi connectivity index (χ2n) is 5.20. The minimum Gasteiger partial charge on any atom is -0.497 e. The van der Waals surface area contributed by atoms with Gasteiger partial charge < -0.3 is 24.1 Å². The summed E-state index contributed by atoms with van der Waals surface area (Å²) in [6, 6.07) is 6.77. The first-order valence-corrected chi connectivity index (χ1v) is 7.80. The van der Waals surface area contributed by atoms with Gasteiger partial charge in [0.15, 0.2) is 5.69 Å². The molecule has 0 bridgehead atoms. The number of nitrogens with zero attached hydrogens (tertiary/aromatic N) is 2. The van der Waals surface area contributed by atoms with E-state index >= 15 is 0 Å². The van der Waals surface area contributed by atoms with E-state index in [9.17, 15) is 9.59 Å². The SMILES string of the molecule is CCCN(Cc1nc(C(=O)OC)co1)C(=O)Nc1cccc(OC)c1. The highest BCUT2D eigenvalue weighted by Crippen LogP contribution is 2.17. The van der Waals surface area contributed by atoms with Gasteiger partial charge in [0.25, 0.3) is 0 Å². The number of methoxy groups -OCH3 is 2. The molecule has 0 saturated heterocycles. The first kappa shape index (κ1) is 18.3. The van der Waals surface area contributed by atoms with Crippen molar-refractivity contribution in [3.8, 4) is 5.75 Å². The van der Waals surface area contributed by atoms with Gasteiger partial charge in [0, 0.05) is 18.3 Å². The van der Waals surface area contributed by atoms with Gasteiger partial charge in [-0.15, -0.1) is 0 Å². The van der Waals surface area contributed by atoms with Gasteiger partial charge in [-0.2, -0.15) is 0 Å². The molecular formula is C17H21N3O5. The number of hydrogen-bond donors (Lipinski definition) is 1. The Balaban J connectivity index is 2.06. The van der Waals surface area contributed by atoms with Crippen LogP contribution in [0.25, 0.3) is 0 Å². The van der Waals surface area contributed by atoms with E-state index in [1.165, 1.54) is 13.4 Å².